The Labute approximate surface area is 129 Å². The molecule has 0 bridgehead atoms. The third-order valence-corrected chi connectivity index (χ3v) is 3.81. The molecule has 0 unspecified atom stereocenters. The van der Waals surface area contributed by atoms with Gasteiger partial charge in [-0.1, -0.05) is 6.07 Å². The van der Waals surface area contributed by atoms with Crippen LogP contribution in [0.4, 0.5) is 18.9 Å². The number of halogens is 3. The number of hydrogen-bond donors (Lipinski definition) is 1. The van der Waals surface area contributed by atoms with Crippen LogP contribution in [0.5, 0.6) is 5.75 Å². The maximum absolute atomic E-state index is 13.4. The van der Waals surface area contributed by atoms with Crippen molar-refractivity contribution in [1.29, 1.82) is 0 Å². The number of alkyl halides is 3. The lowest BCUT2D eigenvalue weighted by atomic mass is 10.00. The molecule has 1 aliphatic heterocycles. The molecule has 1 N–H and O–H groups in total. The monoisotopic (exact) mass is 319 g/mol. The van der Waals surface area contributed by atoms with Gasteiger partial charge in [0.15, 0.2) is 5.75 Å². The molecule has 4 nitrogen and oxygen atoms in total. The highest BCUT2D eigenvalue weighted by Crippen LogP contribution is 2.44. The van der Waals surface area contributed by atoms with E-state index in [4.69, 9.17) is 4.74 Å². The predicted octanol–water partition coefficient (Wildman–Crippen LogP) is 3.82. The summed E-state index contributed by atoms with van der Waals surface area (Å²) < 4.78 is 47.1. The summed E-state index contributed by atoms with van der Waals surface area (Å²) in [5.74, 6) is -0.132. The second-order valence-corrected chi connectivity index (χ2v) is 5.26. The molecule has 0 fully saturated rings. The van der Waals surface area contributed by atoms with Gasteiger partial charge in [-0.3, -0.25) is 0 Å². The van der Waals surface area contributed by atoms with E-state index >= 15 is 0 Å². The van der Waals surface area contributed by atoms with Gasteiger partial charge in [0.05, 0.1) is 11.2 Å². The molecule has 0 amide bonds. The van der Waals surface area contributed by atoms with Gasteiger partial charge < -0.3 is 10.1 Å². The zero-order valence-corrected chi connectivity index (χ0v) is 11.9. The molecule has 0 atom stereocenters. The van der Waals surface area contributed by atoms with Crippen molar-refractivity contribution >= 4 is 11.2 Å². The SMILES string of the molecule is FC(F)(F)c1cc(-c2cccn3nccc23)cc2c1OCCN2. The van der Waals surface area contributed by atoms with E-state index in [1.54, 1.807) is 41.2 Å². The maximum Gasteiger partial charge on any atom is 0.420 e. The number of aromatic nitrogens is 2. The zero-order valence-electron chi connectivity index (χ0n) is 11.9. The summed E-state index contributed by atoms with van der Waals surface area (Å²) in [5, 5.41) is 7.10. The third-order valence-electron chi connectivity index (χ3n) is 3.81. The van der Waals surface area contributed by atoms with E-state index in [1.807, 2.05) is 0 Å². The van der Waals surface area contributed by atoms with Gasteiger partial charge in [0, 0.05) is 24.5 Å². The van der Waals surface area contributed by atoms with Gasteiger partial charge >= 0.3 is 6.18 Å². The molecule has 4 rings (SSSR count). The average molecular weight is 319 g/mol. The lowest BCUT2D eigenvalue weighted by molar-refractivity contribution is -0.138. The van der Waals surface area contributed by atoms with E-state index in [0.29, 0.717) is 23.4 Å². The van der Waals surface area contributed by atoms with Crippen molar-refractivity contribution in [3.05, 3.63) is 48.3 Å². The van der Waals surface area contributed by atoms with Crippen molar-refractivity contribution in [2.75, 3.05) is 18.5 Å². The highest BCUT2D eigenvalue weighted by Gasteiger charge is 2.37. The number of rotatable bonds is 1. The van der Waals surface area contributed by atoms with Crippen LogP contribution in [-0.2, 0) is 6.18 Å². The zero-order chi connectivity index (χ0) is 16.0. The molecule has 0 spiro atoms. The Kier molecular flexibility index (Phi) is 2.97. The summed E-state index contributed by atoms with van der Waals surface area (Å²) in [6, 6.07) is 8.13. The van der Waals surface area contributed by atoms with Crippen LogP contribution in [0.1, 0.15) is 5.56 Å². The summed E-state index contributed by atoms with van der Waals surface area (Å²) >= 11 is 0. The normalized spacial score (nSPS) is 14.2. The largest absolute Gasteiger partial charge is 0.489 e. The first-order valence-electron chi connectivity index (χ1n) is 7.09. The Morgan fingerprint density at radius 2 is 2.09 bits per heavy atom. The number of pyridine rings is 1. The van der Waals surface area contributed by atoms with Gasteiger partial charge in [0.25, 0.3) is 0 Å². The lowest BCUT2D eigenvalue weighted by Gasteiger charge is -2.24. The number of anilines is 1. The molecule has 1 aliphatic rings. The molecule has 0 aliphatic carbocycles. The van der Waals surface area contributed by atoms with Crippen LogP contribution in [-0.4, -0.2) is 22.8 Å². The van der Waals surface area contributed by atoms with Crippen LogP contribution in [0, 0.1) is 0 Å². The van der Waals surface area contributed by atoms with Crippen molar-refractivity contribution in [2.45, 2.75) is 6.18 Å². The fourth-order valence-electron chi connectivity index (χ4n) is 2.82. The molecular weight excluding hydrogens is 307 g/mol. The minimum absolute atomic E-state index is 0.132. The van der Waals surface area contributed by atoms with Crippen LogP contribution in [0.15, 0.2) is 42.7 Å². The summed E-state index contributed by atoms with van der Waals surface area (Å²) in [4.78, 5) is 0. The number of ether oxygens (including phenoxy) is 1. The Hall–Kier alpha value is -2.70. The van der Waals surface area contributed by atoms with E-state index in [1.165, 1.54) is 0 Å². The molecule has 0 saturated heterocycles. The highest BCUT2D eigenvalue weighted by molar-refractivity contribution is 5.84. The van der Waals surface area contributed by atoms with Crippen LogP contribution in [0.3, 0.4) is 0 Å². The molecule has 7 heteroatoms. The summed E-state index contributed by atoms with van der Waals surface area (Å²) in [6.07, 6.45) is -1.11. The summed E-state index contributed by atoms with van der Waals surface area (Å²) in [7, 11) is 0. The van der Waals surface area contributed by atoms with Crippen molar-refractivity contribution in [2.24, 2.45) is 0 Å². The van der Waals surface area contributed by atoms with Crippen molar-refractivity contribution < 1.29 is 17.9 Å². The topological polar surface area (TPSA) is 38.6 Å². The van der Waals surface area contributed by atoms with Gasteiger partial charge in [0.2, 0.25) is 0 Å². The molecule has 23 heavy (non-hydrogen) atoms. The van der Waals surface area contributed by atoms with Crippen LogP contribution in [0.25, 0.3) is 16.6 Å². The average Bonchev–Trinajstić information content (AvgIpc) is 3.01. The van der Waals surface area contributed by atoms with Crippen molar-refractivity contribution in [3.8, 4) is 16.9 Å². The Morgan fingerprint density at radius 1 is 1.22 bits per heavy atom. The van der Waals surface area contributed by atoms with Crippen LogP contribution < -0.4 is 10.1 Å². The van der Waals surface area contributed by atoms with Crippen LogP contribution >= 0.6 is 0 Å². The predicted molar refractivity (Wildman–Crippen MR) is 79.6 cm³/mol. The molecular formula is C16H12F3N3O. The lowest BCUT2D eigenvalue weighted by Crippen LogP contribution is -2.21. The number of nitrogens with zero attached hydrogens (tertiary/aromatic N) is 2. The highest BCUT2D eigenvalue weighted by atomic mass is 19.4. The molecule has 1 aromatic carbocycles. The first-order chi connectivity index (χ1) is 11.0. The number of nitrogens with one attached hydrogen (secondary N) is 1. The van der Waals surface area contributed by atoms with E-state index in [2.05, 4.69) is 10.4 Å². The first kappa shape index (κ1) is 13.9. The van der Waals surface area contributed by atoms with E-state index in [9.17, 15) is 13.2 Å². The van der Waals surface area contributed by atoms with E-state index in [0.717, 1.165) is 11.6 Å². The fourth-order valence-corrected chi connectivity index (χ4v) is 2.82. The van der Waals surface area contributed by atoms with Crippen LogP contribution in [0.2, 0.25) is 0 Å². The summed E-state index contributed by atoms with van der Waals surface area (Å²) in [6.45, 7) is 0.693. The molecule has 3 heterocycles. The van der Waals surface area contributed by atoms with E-state index < -0.39 is 11.7 Å². The van der Waals surface area contributed by atoms with Gasteiger partial charge in [-0.15, -0.1) is 0 Å². The number of benzene rings is 1. The fraction of sp³-hybridized carbons (Fsp3) is 0.188. The molecule has 3 aromatic rings. The second-order valence-electron chi connectivity index (χ2n) is 5.26. The molecule has 0 radical (unpaired) electrons. The minimum Gasteiger partial charge on any atom is -0.489 e. The second kappa shape index (κ2) is 4.91. The minimum atomic E-state index is -4.48. The molecule has 2 aromatic heterocycles. The van der Waals surface area contributed by atoms with Crippen molar-refractivity contribution in [1.82, 2.24) is 9.61 Å². The quantitative estimate of drug-likeness (QED) is 0.741. The number of fused-ring (bicyclic) bond motifs is 2. The Balaban J connectivity index is 1.98. The third kappa shape index (κ3) is 2.28. The molecule has 0 saturated carbocycles. The van der Waals surface area contributed by atoms with Gasteiger partial charge in [0.1, 0.15) is 12.2 Å². The Bertz CT molecular complexity index is 886. The van der Waals surface area contributed by atoms with Crippen molar-refractivity contribution in [3.63, 3.8) is 0 Å². The Morgan fingerprint density at radius 3 is 2.91 bits per heavy atom. The van der Waals surface area contributed by atoms with Gasteiger partial charge in [-0.25, -0.2) is 4.52 Å². The molecule has 118 valence electrons. The standard InChI is InChI=1S/C16H12F3N3O/c17-16(18,19)12-8-10(9-13-15(12)23-7-5-20-13)11-2-1-6-22-14(11)3-4-21-22/h1-4,6,8-9,20H,5,7H2. The maximum atomic E-state index is 13.4. The van der Waals surface area contributed by atoms with Gasteiger partial charge in [-0.2, -0.15) is 18.3 Å². The number of hydrogen-bond acceptors (Lipinski definition) is 3. The first-order valence-corrected chi connectivity index (χ1v) is 7.09. The van der Waals surface area contributed by atoms with E-state index in [-0.39, 0.29) is 12.4 Å². The van der Waals surface area contributed by atoms with Gasteiger partial charge in [-0.05, 0) is 29.8 Å². The smallest absolute Gasteiger partial charge is 0.420 e. The summed E-state index contributed by atoms with van der Waals surface area (Å²) in [5.41, 5.74) is 1.50.